The number of aliphatic hydroxyl groups is 1. The van der Waals surface area contributed by atoms with Crippen LogP contribution in [0.2, 0.25) is 0 Å². The molecule has 212 valence electrons. The van der Waals surface area contributed by atoms with Crippen molar-refractivity contribution in [3.63, 3.8) is 0 Å². The van der Waals surface area contributed by atoms with Crippen LogP contribution in [-0.4, -0.2) is 39.1 Å². The molecule has 1 spiro atoms. The number of benzene rings is 2. The first-order valence-corrected chi connectivity index (χ1v) is 14.2. The number of fused-ring (bicyclic) bond motifs is 1. The predicted molar refractivity (Wildman–Crippen MR) is 154 cm³/mol. The van der Waals surface area contributed by atoms with Crippen LogP contribution >= 0.6 is 0 Å². The zero-order chi connectivity index (χ0) is 28.7. The topological polar surface area (TPSA) is 96.2 Å². The maximum absolute atomic E-state index is 13.8. The Hall–Kier alpha value is -3.35. The number of carbonyl (C=O) groups is 1. The number of carbonyl (C=O) groups excluding carboxylic acids is 1. The third kappa shape index (κ3) is 5.74. The Morgan fingerprint density at radius 3 is 2.33 bits per heavy atom. The Balaban J connectivity index is 1.50. The molecule has 5 rings (SSSR count). The highest BCUT2D eigenvalue weighted by Gasteiger charge is 2.56. The molecular formula is C34H40O6. The Morgan fingerprint density at radius 1 is 1.00 bits per heavy atom. The quantitative estimate of drug-likeness (QED) is 0.361. The van der Waals surface area contributed by atoms with Crippen LogP contribution in [0.25, 0.3) is 6.08 Å². The van der Waals surface area contributed by atoms with E-state index in [0.717, 1.165) is 23.1 Å². The molecule has 0 amide bonds. The largest absolute Gasteiger partial charge is 0.508 e. The Kier molecular flexibility index (Phi) is 7.68. The minimum absolute atomic E-state index is 0.0242. The predicted octanol–water partition coefficient (Wildman–Crippen LogP) is 6.46. The zero-order valence-electron chi connectivity index (χ0n) is 23.8. The van der Waals surface area contributed by atoms with Crippen molar-refractivity contribution < 1.29 is 29.6 Å². The lowest BCUT2D eigenvalue weighted by molar-refractivity contribution is -0.310. The number of rotatable bonds is 6. The van der Waals surface area contributed by atoms with Crippen LogP contribution in [0.1, 0.15) is 64.5 Å². The van der Waals surface area contributed by atoms with Crippen molar-refractivity contribution >= 4 is 11.9 Å². The molecule has 1 fully saturated rings. The second-order valence-corrected chi connectivity index (χ2v) is 12.4. The molecule has 2 aliphatic heterocycles. The minimum Gasteiger partial charge on any atom is -0.508 e. The van der Waals surface area contributed by atoms with E-state index in [1.807, 2.05) is 49.4 Å². The summed E-state index contributed by atoms with van der Waals surface area (Å²) in [6.07, 6.45) is 8.17. The van der Waals surface area contributed by atoms with Gasteiger partial charge in [-0.3, -0.25) is 4.79 Å². The van der Waals surface area contributed by atoms with Gasteiger partial charge in [-0.2, -0.15) is 0 Å². The van der Waals surface area contributed by atoms with Gasteiger partial charge in [0, 0.05) is 29.7 Å². The molecule has 2 heterocycles. The van der Waals surface area contributed by atoms with E-state index in [1.165, 1.54) is 0 Å². The van der Waals surface area contributed by atoms with Gasteiger partial charge in [-0.25, -0.2) is 0 Å². The van der Waals surface area contributed by atoms with Crippen LogP contribution < -0.4 is 0 Å². The van der Waals surface area contributed by atoms with Crippen molar-refractivity contribution in [1.82, 2.24) is 0 Å². The van der Waals surface area contributed by atoms with Gasteiger partial charge in [0.15, 0.2) is 5.78 Å². The molecule has 6 heteroatoms. The summed E-state index contributed by atoms with van der Waals surface area (Å²) >= 11 is 0. The number of hydrogen-bond acceptors (Lipinski definition) is 6. The Labute approximate surface area is 236 Å². The summed E-state index contributed by atoms with van der Waals surface area (Å²) in [7, 11) is 0. The molecule has 0 radical (unpaired) electrons. The first kappa shape index (κ1) is 28.2. The summed E-state index contributed by atoms with van der Waals surface area (Å²) in [6, 6.07) is 13.8. The molecule has 3 unspecified atom stereocenters. The third-order valence-electron chi connectivity index (χ3n) is 8.76. The Bertz CT molecular complexity index is 1330. The molecule has 1 aliphatic carbocycles. The van der Waals surface area contributed by atoms with E-state index in [4.69, 9.17) is 9.47 Å². The van der Waals surface area contributed by atoms with E-state index in [-0.39, 0.29) is 35.2 Å². The maximum Gasteiger partial charge on any atom is 0.214 e. The van der Waals surface area contributed by atoms with Gasteiger partial charge in [0.05, 0.1) is 12.2 Å². The number of hydrogen-bond donors (Lipinski definition) is 3. The average molecular weight is 545 g/mol. The number of aliphatic hydroxyl groups excluding tert-OH is 1. The van der Waals surface area contributed by atoms with Gasteiger partial charge in [-0.1, -0.05) is 57.2 Å². The van der Waals surface area contributed by atoms with Crippen LogP contribution in [-0.2, 0) is 20.7 Å². The van der Waals surface area contributed by atoms with Gasteiger partial charge in [0.25, 0.3) is 0 Å². The molecule has 0 saturated carbocycles. The third-order valence-corrected chi connectivity index (χ3v) is 8.76. The highest BCUT2D eigenvalue weighted by atomic mass is 16.7. The Morgan fingerprint density at radius 2 is 1.65 bits per heavy atom. The smallest absolute Gasteiger partial charge is 0.214 e. The van der Waals surface area contributed by atoms with Crippen LogP contribution in [0, 0.1) is 17.3 Å². The fourth-order valence-electron chi connectivity index (χ4n) is 6.54. The summed E-state index contributed by atoms with van der Waals surface area (Å²) in [6.45, 7) is 8.26. The van der Waals surface area contributed by atoms with Crippen LogP contribution in [0.5, 0.6) is 11.5 Å². The minimum atomic E-state index is -0.904. The van der Waals surface area contributed by atoms with E-state index in [0.29, 0.717) is 37.0 Å². The first-order chi connectivity index (χ1) is 19.0. The molecule has 2 aromatic rings. The first-order valence-electron chi connectivity index (χ1n) is 14.2. The number of aromatic hydroxyl groups is 2. The second-order valence-electron chi connectivity index (χ2n) is 12.4. The lowest BCUT2D eigenvalue weighted by Crippen LogP contribution is -2.57. The molecular weight excluding hydrogens is 504 g/mol. The number of phenols is 2. The van der Waals surface area contributed by atoms with Crippen molar-refractivity contribution in [2.45, 2.75) is 77.8 Å². The SMILES string of the molecule is CC1=CC2OC3(CC(C)(C)C(C(=O)CCc4ccc(O)cc4)=C(/C=C/c4ccc(O)cc4)O3)[C@H](C)CC2C[C@@H]1O. The van der Waals surface area contributed by atoms with Crippen molar-refractivity contribution in [2.75, 3.05) is 0 Å². The number of allylic oxidation sites excluding steroid dienone is 2. The van der Waals surface area contributed by atoms with Crippen molar-refractivity contribution in [1.29, 1.82) is 0 Å². The number of ether oxygens (including phenoxy) is 2. The lowest BCUT2D eigenvalue weighted by Gasteiger charge is -2.54. The molecule has 2 aromatic carbocycles. The van der Waals surface area contributed by atoms with Gasteiger partial charge in [0.2, 0.25) is 5.79 Å². The van der Waals surface area contributed by atoms with Gasteiger partial charge < -0.3 is 24.8 Å². The van der Waals surface area contributed by atoms with Crippen LogP contribution in [0.4, 0.5) is 0 Å². The monoisotopic (exact) mass is 544 g/mol. The van der Waals surface area contributed by atoms with E-state index in [2.05, 4.69) is 20.8 Å². The zero-order valence-corrected chi connectivity index (χ0v) is 23.8. The lowest BCUT2D eigenvalue weighted by atomic mass is 9.67. The van der Waals surface area contributed by atoms with Crippen molar-refractivity contribution in [3.05, 3.63) is 88.7 Å². The molecule has 3 aliphatic rings. The van der Waals surface area contributed by atoms with E-state index in [9.17, 15) is 20.1 Å². The number of Topliss-reactive ketones (excluding diaryl/α,β-unsaturated/α-hetero) is 1. The van der Waals surface area contributed by atoms with E-state index < -0.39 is 17.3 Å². The molecule has 0 bridgehead atoms. The summed E-state index contributed by atoms with van der Waals surface area (Å²) in [4.78, 5) is 13.8. The van der Waals surface area contributed by atoms with E-state index in [1.54, 1.807) is 24.3 Å². The van der Waals surface area contributed by atoms with Gasteiger partial charge in [-0.05, 0) is 79.1 Å². The van der Waals surface area contributed by atoms with Gasteiger partial charge >= 0.3 is 0 Å². The summed E-state index contributed by atoms with van der Waals surface area (Å²) in [5.74, 6) is 0.303. The van der Waals surface area contributed by atoms with Gasteiger partial charge in [0.1, 0.15) is 17.3 Å². The molecule has 1 saturated heterocycles. The fraction of sp³-hybridized carbons (Fsp3) is 0.441. The summed E-state index contributed by atoms with van der Waals surface area (Å²) in [5.41, 5.74) is 2.91. The second kappa shape index (κ2) is 10.9. The fourth-order valence-corrected chi connectivity index (χ4v) is 6.54. The summed E-state index contributed by atoms with van der Waals surface area (Å²) in [5, 5.41) is 29.7. The molecule has 5 atom stereocenters. The molecule has 0 aromatic heterocycles. The highest BCUT2D eigenvalue weighted by Crippen LogP contribution is 2.54. The number of ketones is 1. The normalized spacial score (nSPS) is 29.7. The van der Waals surface area contributed by atoms with Gasteiger partial charge in [-0.15, -0.1) is 0 Å². The standard InChI is InChI=1S/C34H40O6/c1-21-17-31-25(19-29(21)38)18-22(2)34(40-31)20-33(3,4)32(28(37)15-9-23-5-11-26(35)12-6-23)30(39-34)16-10-24-7-13-27(36)14-8-24/h5-8,10-14,16-17,22,25,29,31,35-36,38H,9,15,18-20H2,1-4H3/b16-10+/t22-,25?,29+,31?,34?/m1/s1. The number of aryl methyl sites for hydroxylation is 1. The van der Waals surface area contributed by atoms with Crippen LogP contribution in [0.15, 0.2) is 77.6 Å². The van der Waals surface area contributed by atoms with Crippen molar-refractivity contribution in [2.24, 2.45) is 17.3 Å². The summed E-state index contributed by atoms with van der Waals surface area (Å²) < 4.78 is 13.6. The molecule has 3 N–H and O–H groups in total. The van der Waals surface area contributed by atoms with Crippen molar-refractivity contribution in [3.8, 4) is 11.5 Å². The number of phenolic OH excluding ortho intramolecular Hbond substituents is 2. The van der Waals surface area contributed by atoms with Crippen LogP contribution in [0.3, 0.4) is 0 Å². The average Bonchev–Trinajstić information content (AvgIpc) is 2.89. The highest BCUT2D eigenvalue weighted by molar-refractivity contribution is 5.98. The molecule has 6 nitrogen and oxygen atoms in total. The van der Waals surface area contributed by atoms with E-state index >= 15 is 0 Å². The molecule has 40 heavy (non-hydrogen) atoms. The maximum atomic E-state index is 13.8.